The molecule has 0 saturated heterocycles. The second kappa shape index (κ2) is 6.50. The van der Waals surface area contributed by atoms with E-state index >= 15 is 0 Å². The minimum absolute atomic E-state index is 0.0722. The van der Waals surface area contributed by atoms with Crippen LogP contribution in [0.2, 0.25) is 0 Å². The molecule has 0 fully saturated rings. The van der Waals surface area contributed by atoms with Crippen molar-refractivity contribution in [3.63, 3.8) is 0 Å². The first-order chi connectivity index (χ1) is 9.50. The number of sulfone groups is 1. The molecule has 7 nitrogen and oxygen atoms in total. The largest absolute Gasteiger partial charge is 0.384 e. The van der Waals surface area contributed by atoms with Gasteiger partial charge in [0.1, 0.15) is 21.5 Å². The van der Waals surface area contributed by atoms with Gasteiger partial charge in [-0.15, -0.1) is 0 Å². The van der Waals surface area contributed by atoms with Crippen molar-refractivity contribution >= 4 is 25.7 Å². The third kappa shape index (κ3) is 6.19. The number of nitrogen functional groups attached to an aromatic ring is 1. The van der Waals surface area contributed by atoms with Crippen LogP contribution in [0.25, 0.3) is 0 Å². The molecule has 4 N–H and O–H groups in total. The Morgan fingerprint density at radius 3 is 2.38 bits per heavy atom. The predicted molar refractivity (Wildman–Crippen MR) is 77.8 cm³/mol. The van der Waals surface area contributed by atoms with Gasteiger partial charge in [0.15, 0.2) is 0 Å². The Balaban J connectivity index is 2.73. The van der Waals surface area contributed by atoms with Crippen molar-refractivity contribution in [3.05, 3.63) is 35.1 Å². The van der Waals surface area contributed by atoms with Crippen LogP contribution in [0.15, 0.2) is 18.2 Å². The monoisotopic (exact) mass is 337 g/mol. The van der Waals surface area contributed by atoms with E-state index < -0.39 is 37.2 Å². The van der Waals surface area contributed by atoms with E-state index in [9.17, 15) is 21.2 Å². The summed E-state index contributed by atoms with van der Waals surface area (Å²) in [5.74, 6) is -2.09. The summed E-state index contributed by atoms with van der Waals surface area (Å²) in [4.78, 5) is 0. The van der Waals surface area contributed by atoms with Crippen LogP contribution in [0, 0.1) is 11.2 Å². The van der Waals surface area contributed by atoms with Gasteiger partial charge in [0.2, 0.25) is 10.0 Å². The summed E-state index contributed by atoms with van der Waals surface area (Å²) in [7, 11) is -7.21. The lowest BCUT2D eigenvalue weighted by molar-refractivity contribution is 0.572. The highest BCUT2D eigenvalue weighted by Crippen LogP contribution is 2.10. The lowest BCUT2D eigenvalue weighted by atomic mass is 10.1. The van der Waals surface area contributed by atoms with Gasteiger partial charge in [0.25, 0.3) is 0 Å². The van der Waals surface area contributed by atoms with Crippen LogP contribution in [-0.2, 0) is 26.4 Å². The van der Waals surface area contributed by atoms with Gasteiger partial charge in [-0.1, -0.05) is 12.1 Å². The van der Waals surface area contributed by atoms with Crippen LogP contribution >= 0.6 is 0 Å². The molecule has 0 radical (unpaired) electrons. The number of amidine groups is 1. The molecule has 0 unspecified atom stereocenters. The zero-order chi connectivity index (χ0) is 16.3. The Morgan fingerprint density at radius 1 is 1.29 bits per heavy atom. The standard InChI is InChI=1S/C11H16FN3O4S2/c1-20(16,17)4-5-21(18,19)15-7-9-3-2-8(11(13)14)6-10(9)12/h2-3,6,15H,4-5,7H2,1H3,(H3,13,14). The summed E-state index contributed by atoms with van der Waals surface area (Å²) < 4.78 is 60.8. The molecular weight excluding hydrogens is 321 g/mol. The Morgan fingerprint density at radius 2 is 1.90 bits per heavy atom. The number of nitrogens with two attached hydrogens (primary N) is 1. The minimum Gasteiger partial charge on any atom is -0.384 e. The highest BCUT2D eigenvalue weighted by atomic mass is 32.2. The van der Waals surface area contributed by atoms with Crippen molar-refractivity contribution in [3.8, 4) is 0 Å². The highest BCUT2D eigenvalue weighted by Gasteiger charge is 2.15. The molecule has 0 aromatic heterocycles. The van der Waals surface area contributed by atoms with Crippen molar-refractivity contribution in [1.29, 1.82) is 5.41 Å². The van der Waals surface area contributed by atoms with Gasteiger partial charge >= 0.3 is 0 Å². The van der Waals surface area contributed by atoms with Crippen LogP contribution < -0.4 is 10.5 Å². The molecule has 10 heteroatoms. The summed E-state index contributed by atoms with van der Waals surface area (Å²) in [5, 5.41) is 7.16. The highest BCUT2D eigenvalue weighted by molar-refractivity contribution is 7.93. The van der Waals surface area contributed by atoms with Crippen molar-refractivity contribution in [2.24, 2.45) is 5.73 Å². The summed E-state index contributed by atoms with van der Waals surface area (Å²) in [6.45, 7) is -0.309. The third-order valence-corrected chi connectivity index (χ3v) is 5.10. The fourth-order valence-electron chi connectivity index (χ4n) is 1.38. The summed E-state index contributed by atoms with van der Waals surface area (Å²) in [5.41, 5.74) is 5.47. The smallest absolute Gasteiger partial charge is 0.212 e. The molecule has 1 rings (SSSR count). The van der Waals surface area contributed by atoms with E-state index in [2.05, 4.69) is 4.72 Å². The molecule has 0 heterocycles. The van der Waals surface area contributed by atoms with E-state index in [0.717, 1.165) is 12.3 Å². The molecule has 1 aromatic rings. The fourth-order valence-corrected chi connectivity index (χ4v) is 3.99. The zero-order valence-corrected chi connectivity index (χ0v) is 12.9. The molecule has 0 spiro atoms. The number of hydrogen-bond acceptors (Lipinski definition) is 5. The van der Waals surface area contributed by atoms with Crippen molar-refractivity contribution in [2.45, 2.75) is 6.54 Å². The first kappa shape index (κ1) is 17.5. The van der Waals surface area contributed by atoms with E-state index in [1.54, 1.807) is 0 Å². The normalized spacial score (nSPS) is 12.3. The van der Waals surface area contributed by atoms with Gasteiger partial charge in [-0.3, -0.25) is 5.41 Å². The van der Waals surface area contributed by atoms with E-state index in [1.807, 2.05) is 0 Å². The summed E-state index contributed by atoms with van der Waals surface area (Å²) in [6, 6.07) is 3.74. The number of sulfonamides is 1. The molecule has 0 aliphatic carbocycles. The number of nitrogens with one attached hydrogen (secondary N) is 2. The molecule has 0 atom stereocenters. The van der Waals surface area contributed by atoms with Crippen molar-refractivity contribution < 1.29 is 21.2 Å². The van der Waals surface area contributed by atoms with Gasteiger partial charge in [-0.05, 0) is 6.07 Å². The number of halogens is 1. The molecule has 0 aliphatic rings. The van der Waals surface area contributed by atoms with E-state index in [-0.39, 0.29) is 23.5 Å². The molecular formula is C11H16FN3O4S2. The number of hydrogen-bond donors (Lipinski definition) is 3. The Labute approximate surface area is 122 Å². The van der Waals surface area contributed by atoms with E-state index in [0.29, 0.717) is 0 Å². The molecule has 0 bridgehead atoms. The Kier molecular flexibility index (Phi) is 5.42. The second-order valence-corrected chi connectivity index (χ2v) is 8.68. The average Bonchev–Trinajstić information content (AvgIpc) is 2.34. The first-order valence-electron chi connectivity index (χ1n) is 5.78. The Bertz CT molecular complexity index is 745. The van der Waals surface area contributed by atoms with Crippen LogP contribution in [-0.4, -0.2) is 40.4 Å². The van der Waals surface area contributed by atoms with Gasteiger partial charge in [-0.2, -0.15) is 0 Å². The second-order valence-electron chi connectivity index (χ2n) is 4.49. The van der Waals surface area contributed by atoms with Crippen LogP contribution in [0.4, 0.5) is 4.39 Å². The topological polar surface area (TPSA) is 130 Å². The van der Waals surface area contributed by atoms with Crippen LogP contribution in [0.1, 0.15) is 11.1 Å². The maximum absolute atomic E-state index is 13.7. The third-order valence-electron chi connectivity index (χ3n) is 2.57. The predicted octanol–water partition coefficient (Wildman–Crippen LogP) is -0.426. The minimum atomic E-state index is -3.82. The van der Waals surface area contributed by atoms with E-state index in [1.165, 1.54) is 12.1 Å². The maximum Gasteiger partial charge on any atom is 0.212 e. The molecule has 1 aromatic carbocycles. The number of rotatable bonds is 7. The van der Waals surface area contributed by atoms with E-state index in [4.69, 9.17) is 11.1 Å². The molecule has 21 heavy (non-hydrogen) atoms. The lowest BCUT2D eigenvalue weighted by Crippen LogP contribution is -2.29. The SMILES string of the molecule is CS(=O)(=O)CCS(=O)(=O)NCc1ccc(C(=N)N)cc1F. The molecule has 118 valence electrons. The molecule has 0 amide bonds. The first-order valence-corrected chi connectivity index (χ1v) is 9.49. The van der Waals surface area contributed by atoms with Crippen molar-refractivity contribution in [1.82, 2.24) is 4.72 Å². The van der Waals surface area contributed by atoms with Gasteiger partial charge in [0, 0.05) is 23.9 Å². The van der Waals surface area contributed by atoms with Gasteiger partial charge in [-0.25, -0.2) is 25.9 Å². The van der Waals surface area contributed by atoms with Crippen molar-refractivity contribution in [2.75, 3.05) is 17.8 Å². The lowest BCUT2D eigenvalue weighted by Gasteiger charge is -2.08. The van der Waals surface area contributed by atoms with Gasteiger partial charge in [0.05, 0.1) is 11.5 Å². The Hall–Kier alpha value is -1.52. The molecule has 0 saturated carbocycles. The fraction of sp³-hybridized carbons (Fsp3) is 0.364. The summed E-state index contributed by atoms with van der Waals surface area (Å²) >= 11 is 0. The van der Waals surface area contributed by atoms with Crippen LogP contribution in [0.3, 0.4) is 0 Å². The quantitative estimate of drug-likeness (QED) is 0.459. The average molecular weight is 337 g/mol. The summed E-state index contributed by atoms with van der Waals surface area (Å²) in [6.07, 6.45) is 0.933. The molecule has 0 aliphatic heterocycles. The van der Waals surface area contributed by atoms with Gasteiger partial charge < -0.3 is 5.73 Å². The maximum atomic E-state index is 13.7. The number of benzene rings is 1. The zero-order valence-electron chi connectivity index (χ0n) is 11.3. The van der Waals surface area contributed by atoms with Crippen LogP contribution in [0.5, 0.6) is 0 Å².